The lowest BCUT2D eigenvalue weighted by Gasteiger charge is -2.31. The van der Waals surface area contributed by atoms with E-state index < -0.39 is 40.9 Å². The van der Waals surface area contributed by atoms with Gasteiger partial charge in [-0.25, -0.2) is 17.2 Å². The highest BCUT2D eigenvalue weighted by atomic mass is 32.2. The third-order valence-corrected chi connectivity index (χ3v) is 6.11. The Morgan fingerprint density at radius 1 is 1.36 bits per heavy atom. The Morgan fingerprint density at radius 2 is 2.00 bits per heavy atom. The molecule has 0 aliphatic carbocycles. The van der Waals surface area contributed by atoms with Crippen molar-refractivity contribution in [1.82, 2.24) is 9.62 Å². The first kappa shape index (κ1) is 19.7. The number of carbonyl (C=O) groups is 1. The molecule has 1 saturated heterocycles. The second-order valence-electron chi connectivity index (χ2n) is 6.29. The van der Waals surface area contributed by atoms with Crippen molar-refractivity contribution >= 4 is 15.9 Å². The maximum absolute atomic E-state index is 13.2. The molecule has 1 unspecified atom stereocenters. The Balaban J connectivity index is 2.05. The summed E-state index contributed by atoms with van der Waals surface area (Å²) in [5.74, 6) is -4.39. The van der Waals surface area contributed by atoms with Gasteiger partial charge < -0.3 is 11.1 Å². The Bertz CT molecular complexity index is 708. The average Bonchev–Trinajstić information content (AvgIpc) is 2.60. The zero-order valence-corrected chi connectivity index (χ0v) is 14.9. The molecule has 1 atom stereocenters. The van der Waals surface area contributed by atoms with Gasteiger partial charge in [-0.05, 0) is 31.9 Å². The van der Waals surface area contributed by atoms with Gasteiger partial charge in [0.05, 0.1) is 23.9 Å². The van der Waals surface area contributed by atoms with Crippen LogP contribution in [0.15, 0.2) is 29.2 Å². The van der Waals surface area contributed by atoms with E-state index in [1.165, 1.54) is 16.4 Å². The molecule has 1 aliphatic rings. The molecular formula is C16H23F2N3O3S. The first-order valence-electron chi connectivity index (χ1n) is 8.08. The number of hydrogen-bond acceptors (Lipinski definition) is 4. The van der Waals surface area contributed by atoms with Gasteiger partial charge in [-0.1, -0.05) is 17.7 Å². The number of halogens is 2. The topological polar surface area (TPSA) is 92.5 Å². The molecule has 1 aromatic carbocycles. The molecule has 1 aliphatic heterocycles. The van der Waals surface area contributed by atoms with E-state index in [4.69, 9.17) is 5.73 Å². The van der Waals surface area contributed by atoms with Crippen LogP contribution >= 0.6 is 0 Å². The Morgan fingerprint density at radius 3 is 2.60 bits per heavy atom. The van der Waals surface area contributed by atoms with E-state index in [2.05, 4.69) is 5.32 Å². The number of rotatable bonds is 6. The fourth-order valence-corrected chi connectivity index (χ4v) is 4.19. The van der Waals surface area contributed by atoms with E-state index in [1.54, 1.807) is 12.1 Å². The lowest BCUT2D eigenvalue weighted by molar-refractivity contribution is -0.127. The first-order chi connectivity index (χ1) is 11.7. The molecule has 1 fully saturated rings. The molecule has 1 aromatic rings. The SMILES string of the molecule is Cc1ccc(S(=O)(=O)N2CCCC(C(=O)NCC(F)(F)CN)C2)cc1. The third kappa shape index (κ3) is 4.96. The van der Waals surface area contributed by atoms with Crippen LogP contribution < -0.4 is 11.1 Å². The van der Waals surface area contributed by atoms with Crippen LogP contribution in [0.3, 0.4) is 0 Å². The molecule has 2 rings (SSSR count). The smallest absolute Gasteiger partial charge is 0.277 e. The highest BCUT2D eigenvalue weighted by Gasteiger charge is 2.34. The zero-order valence-electron chi connectivity index (χ0n) is 14.0. The summed E-state index contributed by atoms with van der Waals surface area (Å²) in [6, 6.07) is 6.46. The van der Waals surface area contributed by atoms with E-state index in [1.807, 2.05) is 6.92 Å². The summed E-state index contributed by atoms with van der Waals surface area (Å²) in [5, 5.41) is 2.17. The van der Waals surface area contributed by atoms with Gasteiger partial charge in [-0.2, -0.15) is 4.31 Å². The summed E-state index contributed by atoms with van der Waals surface area (Å²) in [6.45, 7) is 0.444. The van der Waals surface area contributed by atoms with Crippen LogP contribution in [0.1, 0.15) is 18.4 Å². The number of sulfonamides is 1. The molecule has 1 amide bonds. The van der Waals surface area contributed by atoms with Crippen molar-refractivity contribution in [2.45, 2.75) is 30.6 Å². The fraction of sp³-hybridized carbons (Fsp3) is 0.562. The molecule has 0 aromatic heterocycles. The lowest BCUT2D eigenvalue weighted by atomic mass is 9.99. The van der Waals surface area contributed by atoms with E-state index in [0.717, 1.165) is 5.56 Å². The number of piperidine rings is 1. The predicted molar refractivity (Wildman–Crippen MR) is 89.7 cm³/mol. The molecule has 6 nitrogen and oxygen atoms in total. The quantitative estimate of drug-likeness (QED) is 0.779. The number of hydrogen-bond donors (Lipinski definition) is 2. The van der Waals surface area contributed by atoms with Gasteiger partial charge in [0.2, 0.25) is 15.9 Å². The second-order valence-corrected chi connectivity index (χ2v) is 8.23. The minimum absolute atomic E-state index is 0.0176. The van der Waals surface area contributed by atoms with Crippen molar-refractivity contribution in [2.75, 3.05) is 26.2 Å². The third-order valence-electron chi connectivity index (χ3n) is 4.23. The fourth-order valence-electron chi connectivity index (χ4n) is 2.67. The van der Waals surface area contributed by atoms with Crippen LogP contribution in [0.5, 0.6) is 0 Å². The largest absolute Gasteiger partial charge is 0.350 e. The number of amides is 1. The van der Waals surface area contributed by atoms with Crippen molar-refractivity contribution in [3.8, 4) is 0 Å². The maximum Gasteiger partial charge on any atom is 0.277 e. The molecular weight excluding hydrogens is 352 g/mol. The van der Waals surface area contributed by atoms with Crippen LogP contribution in [-0.2, 0) is 14.8 Å². The number of nitrogens with two attached hydrogens (primary N) is 1. The van der Waals surface area contributed by atoms with Crippen molar-refractivity contribution in [3.63, 3.8) is 0 Å². The van der Waals surface area contributed by atoms with Crippen molar-refractivity contribution in [2.24, 2.45) is 11.7 Å². The summed E-state index contributed by atoms with van der Waals surface area (Å²) in [7, 11) is -3.71. The highest BCUT2D eigenvalue weighted by Crippen LogP contribution is 2.24. The first-order valence-corrected chi connectivity index (χ1v) is 9.52. The molecule has 1 heterocycles. The van der Waals surface area contributed by atoms with Crippen LogP contribution in [0, 0.1) is 12.8 Å². The van der Waals surface area contributed by atoms with Crippen molar-refractivity contribution in [3.05, 3.63) is 29.8 Å². The highest BCUT2D eigenvalue weighted by molar-refractivity contribution is 7.89. The van der Waals surface area contributed by atoms with Gasteiger partial charge in [0, 0.05) is 13.1 Å². The number of nitrogens with one attached hydrogen (secondary N) is 1. The van der Waals surface area contributed by atoms with Crippen LogP contribution in [0.2, 0.25) is 0 Å². The van der Waals surface area contributed by atoms with E-state index >= 15 is 0 Å². The Labute approximate surface area is 146 Å². The summed E-state index contributed by atoms with van der Waals surface area (Å²) >= 11 is 0. The maximum atomic E-state index is 13.2. The molecule has 0 saturated carbocycles. The Kier molecular flexibility index (Phi) is 6.12. The Hall–Kier alpha value is -1.58. The molecule has 0 bridgehead atoms. The number of benzene rings is 1. The van der Waals surface area contributed by atoms with Gasteiger partial charge in [-0.15, -0.1) is 0 Å². The van der Waals surface area contributed by atoms with Gasteiger partial charge in [-0.3, -0.25) is 4.79 Å². The van der Waals surface area contributed by atoms with Gasteiger partial charge >= 0.3 is 0 Å². The minimum Gasteiger partial charge on any atom is -0.350 e. The molecule has 3 N–H and O–H groups in total. The van der Waals surface area contributed by atoms with E-state index in [-0.39, 0.29) is 11.4 Å². The normalized spacial score (nSPS) is 19.6. The van der Waals surface area contributed by atoms with Crippen molar-refractivity contribution < 1.29 is 22.0 Å². The minimum atomic E-state index is -3.71. The number of aryl methyl sites for hydroxylation is 1. The molecule has 25 heavy (non-hydrogen) atoms. The second kappa shape index (κ2) is 7.76. The summed E-state index contributed by atoms with van der Waals surface area (Å²) in [5.41, 5.74) is 5.88. The van der Waals surface area contributed by atoms with Crippen molar-refractivity contribution in [1.29, 1.82) is 0 Å². The van der Waals surface area contributed by atoms with Crippen LogP contribution in [0.25, 0.3) is 0 Å². The predicted octanol–water partition coefficient (Wildman–Crippen LogP) is 1.11. The average molecular weight is 375 g/mol. The molecule has 0 spiro atoms. The number of carbonyl (C=O) groups excluding carboxylic acids is 1. The zero-order chi connectivity index (χ0) is 18.7. The summed E-state index contributed by atoms with van der Waals surface area (Å²) in [6.07, 6.45) is 0.955. The van der Waals surface area contributed by atoms with Crippen LogP contribution in [-0.4, -0.2) is 50.7 Å². The summed E-state index contributed by atoms with van der Waals surface area (Å²) < 4.78 is 52.9. The molecule has 9 heteroatoms. The number of nitrogens with zero attached hydrogens (tertiary/aromatic N) is 1. The standard InChI is InChI=1S/C16H23F2N3O3S/c1-12-4-6-14(7-5-12)25(23,24)21-8-2-3-13(9-21)15(22)20-11-16(17,18)10-19/h4-7,13H,2-3,8-11,19H2,1H3,(H,20,22). The van der Waals surface area contributed by atoms with Crippen LogP contribution in [0.4, 0.5) is 8.78 Å². The summed E-state index contributed by atoms with van der Waals surface area (Å²) in [4.78, 5) is 12.3. The van der Waals surface area contributed by atoms with Gasteiger partial charge in [0.25, 0.3) is 5.92 Å². The lowest BCUT2D eigenvalue weighted by Crippen LogP contribution is -2.48. The van der Waals surface area contributed by atoms with E-state index in [0.29, 0.717) is 19.4 Å². The van der Waals surface area contributed by atoms with E-state index in [9.17, 15) is 22.0 Å². The van der Waals surface area contributed by atoms with Gasteiger partial charge in [0.15, 0.2) is 0 Å². The number of alkyl halides is 2. The molecule has 0 radical (unpaired) electrons. The van der Waals surface area contributed by atoms with Gasteiger partial charge in [0.1, 0.15) is 0 Å². The molecule has 140 valence electrons. The monoisotopic (exact) mass is 375 g/mol.